The summed E-state index contributed by atoms with van der Waals surface area (Å²) in [5, 5.41) is 45.3. The first kappa shape index (κ1) is 42.7. The van der Waals surface area contributed by atoms with E-state index in [-0.39, 0.29) is 76.4 Å². The minimum atomic E-state index is -1.00. The van der Waals surface area contributed by atoms with Crippen molar-refractivity contribution in [3.05, 3.63) is 59.2 Å². The Kier molecular flexibility index (Phi) is 9.59. The highest BCUT2D eigenvalue weighted by Gasteiger charge is 2.82. The Morgan fingerprint density at radius 2 is 1.48 bits per heavy atom. The van der Waals surface area contributed by atoms with Crippen LogP contribution in [0.4, 0.5) is 0 Å². The van der Waals surface area contributed by atoms with Crippen molar-refractivity contribution in [3.8, 4) is 23.0 Å². The zero-order valence-electron chi connectivity index (χ0n) is 35.8. The highest BCUT2D eigenvalue weighted by molar-refractivity contribution is 5.90. The van der Waals surface area contributed by atoms with Crippen molar-refractivity contribution >= 4 is 30.6 Å². The molecule has 0 amide bonds. The van der Waals surface area contributed by atoms with Gasteiger partial charge in [-0.05, 0) is 112 Å². The van der Waals surface area contributed by atoms with E-state index in [0.29, 0.717) is 43.2 Å². The molecule has 60 heavy (non-hydrogen) atoms. The highest BCUT2D eigenvalue weighted by Crippen LogP contribution is 2.78. The summed E-state index contributed by atoms with van der Waals surface area (Å²) >= 11 is 0. The predicted octanol–water partition coefficient (Wildman–Crippen LogP) is 6.56. The summed E-state index contributed by atoms with van der Waals surface area (Å²) in [6.45, 7) is 16.2. The molecule has 5 saturated carbocycles. The van der Waals surface area contributed by atoms with Crippen LogP contribution in [-0.4, -0.2) is 110 Å². The van der Waals surface area contributed by atoms with E-state index in [9.17, 15) is 25.2 Å². The second-order valence-corrected chi connectivity index (χ2v) is 21.4. The van der Waals surface area contributed by atoms with Crippen LogP contribution in [0.1, 0.15) is 108 Å². The number of hydrogen-bond donors (Lipinski definition) is 4. The maximum atomic E-state index is 12.6. The molecule has 2 aromatic rings. The van der Waals surface area contributed by atoms with Crippen LogP contribution < -0.4 is 9.47 Å². The third-order valence-electron chi connectivity index (χ3n) is 18.6. The van der Waals surface area contributed by atoms with E-state index in [2.05, 4.69) is 43.2 Å². The molecule has 11 aliphatic rings. The predicted molar refractivity (Wildman–Crippen MR) is 232 cm³/mol. The Bertz CT molecular complexity index is 2140. The number of phenols is 2. The summed E-state index contributed by atoms with van der Waals surface area (Å²) in [5.74, 6) is 2.33. The zero-order valence-corrected chi connectivity index (χ0v) is 37.4. The van der Waals surface area contributed by atoms with Gasteiger partial charge in [-0.15, -0.1) is 31.4 Å². The van der Waals surface area contributed by atoms with Crippen LogP contribution in [0.2, 0.25) is 0 Å². The molecule has 0 aromatic heterocycles. The Balaban J connectivity index is 0.000000158. The summed E-state index contributed by atoms with van der Waals surface area (Å²) < 4.78 is 19.4. The maximum Gasteiger partial charge on any atom is 0.174 e. The van der Waals surface area contributed by atoms with E-state index in [1.54, 1.807) is 6.07 Å². The number of methoxy groups -OCH3 is 1. The molecular formula is C48H64Cl2N2O8. The Morgan fingerprint density at radius 3 is 2.12 bits per heavy atom. The monoisotopic (exact) mass is 866 g/mol. The average Bonchev–Trinajstić information content (AvgIpc) is 3.82. The van der Waals surface area contributed by atoms with Crippen LogP contribution in [0.25, 0.3) is 0 Å². The van der Waals surface area contributed by atoms with Gasteiger partial charge in [0.15, 0.2) is 34.9 Å². The number of aliphatic hydroxyl groups is 2. The summed E-state index contributed by atoms with van der Waals surface area (Å²) in [5.41, 5.74) is 1.04. The molecule has 328 valence electrons. The number of aromatic hydroxyl groups is 2. The van der Waals surface area contributed by atoms with Crippen molar-refractivity contribution < 1.29 is 39.4 Å². The molecule has 11 atom stereocenters. The molecular weight excluding hydrogens is 803 g/mol. The number of piperidine rings is 2. The number of Topliss-reactive ketones (excluding diaryl/α,β-unsaturated/α-hetero) is 1. The van der Waals surface area contributed by atoms with Gasteiger partial charge >= 0.3 is 0 Å². The molecule has 10 nitrogen and oxygen atoms in total. The van der Waals surface area contributed by atoms with Gasteiger partial charge in [-0.25, -0.2) is 0 Å². The minimum Gasteiger partial charge on any atom is -0.504 e. The maximum absolute atomic E-state index is 12.6. The van der Waals surface area contributed by atoms with Gasteiger partial charge in [0, 0.05) is 73.1 Å². The number of nitrogens with zero attached hydrogens (tertiary/aromatic N) is 2. The largest absolute Gasteiger partial charge is 0.504 e. The van der Waals surface area contributed by atoms with E-state index in [1.807, 2.05) is 32.2 Å². The van der Waals surface area contributed by atoms with Crippen molar-refractivity contribution in [3.63, 3.8) is 0 Å². The Hall–Kier alpha value is -2.57. The third-order valence-corrected chi connectivity index (χ3v) is 18.6. The quantitative estimate of drug-likeness (QED) is 0.237. The molecule has 7 aliphatic carbocycles. The van der Waals surface area contributed by atoms with Crippen molar-refractivity contribution in [2.24, 2.45) is 22.7 Å². The molecule has 3 spiro atoms. The minimum absolute atomic E-state index is 0. The van der Waals surface area contributed by atoms with E-state index in [1.165, 1.54) is 30.5 Å². The third kappa shape index (κ3) is 4.88. The second-order valence-electron chi connectivity index (χ2n) is 21.4. The lowest BCUT2D eigenvalue weighted by Gasteiger charge is -2.75. The number of carbonyl (C=O) groups is 1. The fourth-order valence-electron chi connectivity index (χ4n) is 15.4. The van der Waals surface area contributed by atoms with Gasteiger partial charge in [-0.2, -0.15) is 0 Å². The molecule has 2 aromatic carbocycles. The summed E-state index contributed by atoms with van der Waals surface area (Å²) in [7, 11) is 1.83. The van der Waals surface area contributed by atoms with Crippen molar-refractivity contribution in [1.82, 2.24) is 9.80 Å². The molecule has 6 bridgehead atoms. The van der Waals surface area contributed by atoms with Gasteiger partial charge in [0.25, 0.3) is 0 Å². The molecule has 4 aliphatic heterocycles. The van der Waals surface area contributed by atoms with Gasteiger partial charge in [0.1, 0.15) is 11.7 Å². The summed E-state index contributed by atoms with van der Waals surface area (Å²) in [6.07, 6.45) is 11.0. The first-order chi connectivity index (χ1) is 27.5. The number of hydrogen-bond acceptors (Lipinski definition) is 10. The molecule has 4 N–H and O–H groups in total. The van der Waals surface area contributed by atoms with E-state index in [0.717, 1.165) is 68.8 Å². The van der Waals surface area contributed by atoms with Gasteiger partial charge in [0.05, 0.1) is 16.6 Å². The molecule has 2 saturated heterocycles. The lowest BCUT2D eigenvalue weighted by atomic mass is 9.33. The number of rotatable bonds is 6. The molecule has 1 unspecified atom stereocenters. The second kappa shape index (κ2) is 13.5. The smallest absolute Gasteiger partial charge is 0.174 e. The fourth-order valence-corrected chi connectivity index (χ4v) is 15.4. The number of ether oxygens (including phenoxy) is 3. The summed E-state index contributed by atoms with van der Waals surface area (Å²) in [6, 6.07) is 7.98. The van der Waals surface area contributed by atoms with Crippen LogP contribution in [0.3, 0.4) is 0 Å². The van der Waals surface area contributed by atoms with Crippen LogP contribution in [0.15, 0.2) is 36.9 Å². The number of phenolic OH excluding ortho intramolecular Hbond substituents is 2. The summed E-state index contributed by atoms with van der Waals surface area (Å²) in [4.78, 5) is 17.7. The molecule has 4 heterocycles. The fraction of sp³-hybridized carbons (Fsp3) is 0.688. The average molecular weight is 868 g/mol. The van der Waals surface area contributed by atoms with Gasteiger partial charge < -0.3 is 34.6 Å². The van der Waals surface area contributed by atoms with Crippen LogP contribution in [0.5, 0.6) is 23.0 Å². The van der Waals surface area contributed by atoms with Crippen LogP contribution >= 0.6 is 24.8 Å². The number of fused-ring (bicyclic) bond motifs is 2. The SMILES string of the molecule is C=CCN1CC[C@]23c4c5ccc(O)c4O[C@H]2C(=O)CC[C@@]3(O)[C@H]1C5.CO[C@]12CC[C@@]3(C[C@@H]1C(C)(O)C(C)(C)C)[C@H]1Cc4ccc(O)c5c4[C@@]3(CCN1CC1CC1)[C@H]2O5.Cl.Cl. The number of carbonyl (C=O) groups excluding carboxylic acids is 1. The molecule has 13 rings (SSSR count). The lowest BCUT2D eigenvalue weighted by molar-refractivity contribution is -0.312. The van der Waals surface area contributed by atoms with Crippen molar-refractivity contribution in [1.29, 1.82) is 0 Å². The number of halogens is 2. The number of ketones is 1. The van der Waals surface area contributed by atoms with Crippen molar-refractivity contribution in [2.75, 3.05) is 33.3 Å². The Morgan fingerprint density at radius 1 is 0.867 bits per heavy atom. The molecule has 7 fully saturated rings. The normalized spacial score (nSPS) is 40.6. The Labute approximate surface area is 366 Å². The first-order valence-corrected chi connectivity index (χ1v) is 22.2. The van der Waals surface area contributed by atoms with E-state index < -0.39 is 28.3 Å². The standard InChI is InChI=1S/C29H41NO4.C19H21NO4.2ClH/c1-25(2,3)26(4,32)20-15-27-10-11-29(20,33-5)24-28(27)12-13-30(16-17-6-7-17)21(27)14-18-8-9-19(31)23(34-24)22(18)28;1-2-8-20-9-7-18-15-11-3-4-12(21)16(15)24-17(18)13(22)5-6-19(18,23)14(20)10-11;;/h8-9,17,20-21,24,31-32H,6-7,10-16H2,1-5H3;2-4,14,17,21,23H,1,5-10H2;2*1H/t20-,21-,24-,26?,27-,28+,29-;14-,17+,18+,19-;;/m11../s1. The highest BCUT2D eigenvalue weighted by atomic mass is 35.5. The van der Waals surface area contributed by atoms with Crippen molar-refractivity contribution in [2.45, 2.75) is 150 Å². The van der Waals surface area contributed by atoms with Gasteiger partial charge in [-0.3, -0.25) is 14.6 Å². The topological polar surface area (TPSA) is 132 Å². The van der Waals surface area contributed by atoms with Crippen LogP contribution in [0, 0.1) is 22.7 Å². The molecule has 12 heteroatoms. The lowest BCUT2D eigenvalue weighted by Crippen LogP contribution is -2.83. The van der Waals surface area contributed by atoms with Gasteiger partial charge in [-0.1, -0.05) is 39.0 Å². The van der Waals surface area contributed by atoms with E-state index in [4.69, 9.17) is 14.2 Å². The zero-order chi connectivity index (χ0) is 40.6. The molecule has 0 radical (unpaired) electrons. The van der Waals surface area contributed by atoms with Gasteiger partial charge in [0.2, 0.25) is 0 Å². The first-order valence-electron chi connectivity index (χ1n) is 22.2. The van der Waals surface area contributed by atoms with Crippen LogP contribution in [-0.2, 0) is 33.2 Å². The number of likely N-dealkylation sites (tertiary alicyclic amines) is 2. The number of benzene rings is 2. The van der Waals surface area contributed by atoms with E-state index >= 15 is 0 Å².